The van der Waals surface area contributed by atoms with Gasteiger partial charge in [-0.15, -0.1) is 0 Å². The predicted molar refractivity (Wildman–Crippen MR) is 58.3 cm³/mol. The van der Waals surface area contributed by atoms with Gasteiger partial charge in [-0.3, -0.25) is 9.59 Å². The maximum absolute atomic E-state index is 11.5. The van der Waals surface area contributed by atoms with Crippen LogP contribution in [0.15, 0.2) is 12.8 Å². The molecule has 0 N–H and O–H groups in total. The molecule has 0 heterocycles. The van der Waals surface area contributed by atoms with Crippen molar-refractivity contribution in [2.45, 2.75) is 27.2 Å². The van der Waals surface area contributed by atoms with Crippen LogP contribution in [0.1, 0.15) is 27.2 Å². The first-order valence-corrected chi connectivity index (χ1v) is 5.33. The van der Waals surface area contributed by atoms with Crippen LogP contribution in [0.3, 0.4) is 0 Å². The molecule has 1 rings (SSSR count). The van der Waals surface area contributed by atoms with Gasteiger partial charge in [0.15, 0.2) is 0 Å². The fourth-order valence-electron chi connectivity index (χ4n) is 1.28. The van der Waals surface area contributed by atoms with Crippen molar-refractivity contribution in [2.24, 2.45) is 17.3 Å². The van der Waals surface area contributed by atoms with Gasteiger partial charge in [0.25, 0.3) is 0 Å². The molecule has 0 aromatic rings. The number of hydrogen-bond acceptors (Lipinski definition) is 4. The molecule has 90 valence electrons. The lowest BCUT2D eigenvalue weighted by Gasteiger charge is -2.17. The van der Waals surface area contributed by atoms with Crippen molar-refractivity contribution in [1.29, 1.82) is 0 Å². The minimum Gasteiger partial charge on any atom is -0.465 e. The molecule has 0 amide bonds. The third-order valence-corrected chi connectivity index (χ3v) is 2.24. The molecule has 0 aromatic heterocycles. The van der Waals surface area contributed by atoms with E-state index < -0.39 is 5.97 Å². The number of ether oxygens (including phenoxy) is 2. The summed E-state index contributed by atoms with van der Waals surface area (Å²) in [7, 11) is 0. The van der Waals surface area contributed by atoms with Crippen molar-refractivity contribution in [1.82, 2.24) is 0 Å². The normalized spacial score (nSPS) is 23.4. The molecular formula is C12H18O4. The molecule has 4 heteroatoms. The summed E-state index contributed by atoms with van der Waals surface area (Å²) in [5.41, 5.74) is -0.0539. The van der Waals surface area contributed by atoms with Crippen LogP contribution < -0.4 is 0 Å². The second-order valence-corrected chi connectivity index (χ2v) is 5.22. The van der Waals surface area contributed by atoms with Crippen molar-refractivity contribution < 1.29 is 19.1 Å². The summed E-state index contributed by atoms with van der Waals surface area (Å²) >= 11 is 0. The minimum atomic E-state index is -0.396. The van der Waals surface area contributed by atoms with Crippen molar-refractivity contribution in [3.63, 3.8) is 0 Å². The van der Waals surface area contributed by atoms with Gasteiger partial charge in [-0.25, -0.2) is 0 Å². The van der Waals surface area contributed by atoms with Crippen LogP contribution in [0.5, 0.6) is 0 Å². The zero-order valence-electron chi connectivity index (χ0n) is 9.99. The highest BCUT2D eigenvalue weighted by atomic mass is 16.5. The van der Waals surface area contributed by atoms with Crippen LogP contribution in [-0.4, -0.2) is 18.5 Å². The van der Waals surface area contributed by atoms with Crippen LogP contribution in [0.2, 0.25) is 0 Å². The first-order valence-electron chi connectivity index (χ1n) is 5.33. The summed E-state index contributed by atoms with van der Waals surface area (Å²) in [6.07, 6.45) is 1.61. The Bertz CT molecular complexity index is 301. The average molecular weight is 226 g/mol. The van der Waals surface area contributed by atoms with Gasteiger partial charge in [0.2, 0.25) is 0 Å². The van der Waals surface area contributed by atoms with E-state index >= 15 is 0 Å². The van der Waals surface area contributed by atoms with Crippen molar-refractivity contribution in [2.75, 3.05) is 6.61 Å². The molecule has 4 nitrogen and oxygen atoms in total. The Morgan fingerprint density at radius 1 is 1.31 bits per heavy atom. The van der Waals surface area contributed by atoms with Crippen LogP contribution in [-0.2, 0) is 19.1 Å². The number of esters is 2. The van der Waals surface area contributed by atoms with E-state index in [9.17, 15) is 9.59 Å². The van der Waals surface area contributed by atoms with E-state index in [2.05, 4.69) is 11.3 Å². The molecule has 1 aliphatic rings. The van der Waals surface area contributed by atoms with Crippen molar-refractivity contribution >= 4 is 11.9 Å². The van der Waals surface area contributed by atoms with Gasteiger partial charge in [-0.1, -0.05) is 27.4 Å². The Balaban J connectivity index is 2.31. The summed E-state index contributed by atoms with van der Waals surface area (Å²) in [6.45, 7) is 9.61. The molecular weight excluding hydrogens is 208 g/mol. The highest BCUT2D eigenvalue weighted by molar-refractivity contribution is 5.87. The average Bonchev–Trinajstić information content (AvgIpc) is 2.93. The monoisotopic (exact) mass is 226 g/mol. The minimum absolute atomic E-state index is 0.0539. The second kappa shape index (κ2) is 4.68. The van der Waals surface area contributed by atoms with Crippen LogP contribution in [0.25, 0.3) is 0 Å². The molecule has 0 bridgehead atoms. The lowest BCUT2D eigenvalue weighted by Crippen LogP contribution is -2.20. The number of carbonyl (C=O) groups excluding carboxylic acids is 2. The molecule has 16 heavy (non-hydrogen) atoms. The Morgan fingerprint density at radius 3 is 2.38 bits per heavy atom. The van der Waals surface area contributed by atoms with E-state index in [0.717, 1.165) is 6.26 Å². The van der Waals surface area contributed by atoms with E-state index in [1.54, 1.807) is 0 Å². The zero-order chi connectivity index (χ0) is 12.3. The third kappa shape index (κ3) is 3.68. The molecule has 0 saturated heterocycles. The molecule has 1 saturated carbocycles. The van der Waals surface area contributed by atoms with Gasteiger partial charge in [0.05, 0.1) is 24.7 Å². The molecule has 1 aliphatic carbocycles. The molecule has 0 aliphatic heterocycles. The standard InChI is InChI=1S/C12H18O4/c1-5-15-10(13)8-6-9(8)11(14)16-7-12(2,3)4/h5,8-9H,1,6-7H2,2-4H3. The van der Waals surface area contributed by atoms with Gasteiger partial charge >= 0.3 is 11.9 Å². The van der Waals surface area contributed by atoms with Crippen molar-refractivity contribution in [3.8, 4) is 0 Å². The van der Waals surface area contributed by atoms with E-state index in [1.165, 1.54) is 0 Å². The van der Waals surface area contributed by atoms with Gasteiger partial charge in [0.1, 0.15) is 0 Å². The number of carbonyl (C=O) groups is 2. The summed E-state index contributed by atoms with van der Waals surface area (Å²) in [5, 5.41) is 0. The fourth-order valence-corrected chi connectivity index (χ4v) is 1.28. The lowest BCUT2D eigenvalue weighted by atomic mass is 9.99. The maximum Gasteiger partial charge on any atom is 0.314 e. The predicted octanol–water partition coefficient (Wildman–Crippen LogP) is 1.90. The molecule has 0 aromatic carbocycles. The van der Waals surface area contributed by atoms with E-state index in [0.29, 0.717) is 13.0 Å². The Morgan fingerprint density at radius 2 is 1.88 bits per heavy atom. The van der Waals surface area contributed by atoms with Gasteiger partial charge < -0.3 is 9.47 Å². The Kier molecular flexibility index (Phi) is 3.73. The fraction of sp³-hybridized carbons (Fsp3) is 0.667. The molecule has 0 spiro atoms. The largest absolute Gasteiger partial charge is 0.465 e. The van der Waals surface area contributed by atoms with Crippen molar-refractivity contribution in [3.05, 3.63) is 12.8 Å². The molecule has 2 unspecified atom stereocenters. The quantitative estimate of drug-likeness (QED) is 0.542. The van der Waals surface area contributed by atoms with E-state index in [-0.39, 0.29) is 23.2 Å². The van der Waals surface area contributed by atoms with E-state index in [4.69, 9.17) is 4.74 Å². The van der Waals surface area contributed by atoms with Gasteiger partial charge in [0, 0.05) is 0 Å². The molecule has 2 atom stereocenters. The first-order chi connectivity index (χ1) is 7.35. The highest BCUT2D eigenvalue weighted by Gasteiger charge is 2.50. The molecule has 0 radical (unpaired) electrons. The second-order valence-electron chi connectivity index (χ2n) is 5.22. The smallest absolute Gasteiger partial charge is 0.314 e. The topological polar surface area (TPSA) is 52.6 Å². The number of hydrogen-bond donors (Lipinski definition) is 0. The maximum atomic E-state index is 11.5. The van der Waals surface area contributed by atoms with E-state index in [1.807, 2.05) is 20.8 Å². The third-order valence-electron chi connectivity index (χ3n) is 2.24. The summed E-state index contributed by atoms with van der Waals surface area (Å²) in [4.78, 5) is 22.7. The lowest BCUT2D eigenvalue weighted by molar-refractivity contribution is -0.151. The van der Waals surface area contributed by atoms with Crippen LogP contribution >= 0.6 is 0 Å². The number of rotatable bonds is 4. The Labute approximate surface area is 95.6 Å². The summed E-state index contributed by atoms with van der Waals surface area (Å²) in [6, 6.07) is 0. The van der Waals surface area contributed by atoms with Crippen LogP contribution in [0, 0.1) is 17.3 Å². The SMILES string of the molecule is C=COC(=O)C1CC1C(=O)OCC(C)(C)C. The zero-order valence-corrected chi connectivity index (χ0v) is 9.99. The highest BCUT2D eigenvalue weighted by Crippen LogP contribution is 2.40. The van der Waals surface area contributed by atoms with Gasteiger partial charge in [-0.05, 0) is 11.8 Å². The van der Waals surface area contributed by atoms with Crippen LogP contribution in [0.4, 0.5) is 0 Å². The summed E-state index contributed by atoms with van der Waals surface area (Å²) < 4.78 is 9.73. The van der Waals surface area contributed by atoms with Gasteiger partial charge in [-0.2, -0.15) is 0 Å². The first kappa shape index (κ1) is 12.7. The Hall–Kier alpha value is -1.32. The summed E-state index contributed by atoms with van der Waals surface area (Å²) in [5.74, 6) is -1.37. The molecule has 1 fully saturated rings.